The molecule has 0 heterocycles. The fourth-order valence-corrected chi connectivity index (χ4v) is 2.55. The third kappa shape index (κ3) is 7.65. The summed E-state index contributed by atoms with van der Waals surface area (Å²) in [4.78, 5) is 0. The maximum absolute atomic E-state index is 11.2. The van der Waals surface area contributed by atoms with E-state index in [1.165, 1.54) is 0 Å². The highest BCUT2D eigenvalue weighted by atomic mass is 79.9. The molecule has 0 saturated heterocycles. The van der Waals surface area contributed by atoms with Crippen LogP contribution >= 0.6 is 40.1 Å². The molecule has 0 aromatic carbocycles. The third-order valence-electron chi connectivity index (χ3n) is 1.09. The Labute approximate surface area is 102 Å². The van der Waals surface area contributed by atoms with Crippen molar-refractivity contribution in [3.63, 3.8) is 0 Å². The molecule has 3 nitrogen and oxygen atoms in total. The van der Waals surface area contributed by atoms with Crippen LogP contribution in [-0.4, -0.2) is 0 Å². The first-order valence-electron chi connectivity index (χ1n) is 4.21. The summed E-state index contributed by atoms with van der Waals surface area (Å²) in [5.41, 5.74) is 0. The Bertz CT molecular complexity index is 227. The van der Waals surface area contributed by atoms with Gasteiger partial charge in [-0.3, -0.25) is 0 Å². The summed E-state index contributed by atoms with van der Waals surface area (Å²) in [6, 6.07) is 0. The normalized spacial score (nSPS) is 15.1. The van der Waals surface area contributed by atoms with E-state index < -0.39 is 8.25 Å². The van der Waals surface area contributed by atoms with Gasteiger partial charge in [-0.25, -0.2) is 4.57 Å². The minimum Gasteiger partial charge on any atom is -0.411 e. The third-order valence-corrected chi connectivity index (χ3v) is 3.43. The van der Waals surface area contributed by atoms with E-state index >= 15 is 0 Å². The zero-order chi connectivity index (χ0) is 11.0. The van der Waals surface area contributed by atoms with Crippen molar-refractivity contribution >= 4 is 40.1 Å². The van der Waals surface area contributed by atoms with Crippen LogP contribution in [0.3, 0.4) is 0 Å². The van der Waals surface area contributed by atoms with Crippen LogP contribution in [0, 0.1) is 0 Å². The molecule has 0 aliphatic rings. The Morgan fingerprint density at radius 3 is 1.79 bits per heavy atom. The minimum atomic E-state index is -2.51. The van der Waals surface area contributed by atoms with Crippen molar-refractivity contribution in [2.24, 2.45) is 0 Å². The predicted molar refractivity (Wildman–Crippen MR) is 65.8 cm³/mol. The molecule has 0 aliphatic heterocycles. The van der Waals surface area contributed by atoms with Gasteiger partial charge in [0, 0.05) is 0 Å². The van der Waals surface area contributed by atoms with Crippen molar-refractivity contribution < 1.29 is 13.6 Å². The smallest absolute Gasteiger partial charge is 0.411 e. The Morgan fingerprint density at radius 1 is 1.14 bits per heavy atom. The van der Waals surface area contributed by atoms with Crippen LogP contribution in [0.2, 0.25) is 0 Å². The molecule has 6 heteroatoms. The van der Waals surface area contributed by atoms with Crippen LogP contribution in [0.4, 0.5) is 0 Å². The molecule has 0 aromatic heterocycles. The van der Waals surface area contributed by atoms with Gasteiger partial charge in [0.15, 0.2) is 9.34 Å². The Balaban J connectivity index is 3.99. The molecule has 82 valence electrons. The molecule has 0 rings (SSSR count). The second-order valence-electron chi connectivity index (χ2n) is 2.29. The first kappa shape index (κ1) is 14.3. The van der Waals surface area contributed by atoms with Gasteiger partial charge in [0.25, 0.3) is 0 Å². The van der Waals surface area contributed by atoms with E-state index in [4.69, 9.17) is 9.05 Å². The zero-order valence-corrected chi connectivity index (χ0v) is 12.2. The summed E-state index contributed by atoms with van der Waals surface area (Å²) in [6.07, 6.45) is 5.15. The van der Waals surface area contributed by atoms with Gasteiger partial charge in [0.1, 0.15) is 0 Å². The molecule has 0 aliphatic carbocycles. The fraction of sp³-hybridized carbons (Fsp3) is 0.500. The van der Waals surface area contributed by atoms with Crippen LogP contribution in [0.15, 0.2) is 21.5 Å². The first-order chi connectivity index (χ1) is 6.60. The van der Waals surface area contributed by atoms with E-state index in [1.807, 2.05) is 13.8 Å². The van der Waals surface area contributed by atoms with Crippen molar-refractivity contribution in [2.45, 2.75) is 26.7 Å². The summed E-state index contributed by atoms with van der Waals surface area (Å²) < 4.78 is 22.0. The van der Waals surface area contributed by atoms with Gasteiger partial charge in [-0.05, 0) is 56.9 Å². The van der Waals surface area contributed by atoms with Gasteiger partial charge >= 0.3 is 8.25 Å². The zero-order valence-electron chi connectivity index (χ0n) is 8.05. The predicted octanol–water partition coefficient (Wildman–Crippen LogP) is 4.70. The summed E-state index contributed by atoms with van der Waals surface area (Å²) in [6.45, 7) is 3.91. The van der Waals surface area contributed by atoms with Crippen molar-refractivity contribution in [3.05, 3.63) is 21.5 Å². The maximum atomic E-state index is 11.2. The van der Waals surface area contributed by atoms with Gasteiger partial charge in [-0.2, -0.15) is 0 Å². The lowest BCUT2D eigenvalue weighted by molar-refractivity contribution is 0.346. The van der Waals surface area contributed by atoms with Gasteiger partial charge < -0.3 is 9.05 Å². The van der Waals surface area contributed by atoms with Crippen molar-refractivity contribution in [2.75, 3.05) is 0 Å². The lowest BCUT2D eigenvalue weighted by atomic mass is 10.5. The van der Waals surface area contributed by atoms with Crippen LogP contribution in [-0.2, 0) is 13.6 Å². The summed E-state index contributed by atoms with van der Waals surface area (Å²) in [5.74, 6) is 0. The van der Waals surface area contributed by atoms with E-state index in [9.17, 15) is 4.57 Å². The molecular weight excluding hydrogens is 335 g/mol. The number of rotatable bonds is 6. The number of halogens is 2. The van der Waals surface area contributed by atoms with Crippen LogP contribution in [0.25, 0.3) is 0 Å². The summed E-state index contributed by atoms with van der Waals surface area (Å²) in [5, 5.41) is 0. The molecular formula is C8H13Br2O3P. The van der Waals surface area contributed by atoms with E-state index in [0.717, 1.165) is 12.8 Å². The molecule has 0 unspecified atom stereocenters. The molecule has 0 fully saturated rings. The molecule has 0 bridgehead atoms. The molecule has 0 amide bonds. The van der Waals surface area contributed by atoms with Crippen LogP contribution < -0.4 is 0 Å². The van der Waals surface area contributed by atoms with Crippen LogP contribution in [0.5, 0.6) is 0 Å². The largest absolute Gasteiger partial charge is 0.419 e. The average molecular weight is 348 g/mol. The van der Waals surface area contributed by atoms with Gasteiger partial charge in [0.2, 0.25) is 0 Å². The van der Waals surface area contributed by atoms with Gasteiger partial charge in [-0.1, -0.05) is 13.8 Å². The van der Waals surface area contributed by atoms with Crippen molar-refractivity contribution in [1.82, 2.24) is 0 Å². The molecule has 0 aromatic rings. The molecule has 0 radical (unpaired) electrons. The van der Waals surface area contributed by atoms with E-state index in [-0.39, 0.29) is 0 Å². The molecule has 0 N–H and O–H groups in total. The monoisotopic (exact) mass is 346 g/mol. The van der Waals surface area contributed by atoms with E-state index in [2.05, 4.69) is 31.9 Å². The van der Waals surface area contributed by atoms with Crippen molar-refractivity contribution in [3.8, 4) is 0 Å². The Hall–Kier alpha value is 0.270. The standard InChI is InChI=1S/C8H13Br2O3P/c1-3-5-7(9)12-14(11)13-8(10)6-4-2/h5-6,14H,3-4H2,1-2H3/b7-5+,8-6+. The maximum Gasteiger partial charge on any atom is 0.419 e. The molecule has 0 saturated carbocycles. The Kier molecular flexibility index (Phi) is 8.73. The SMILES string of the molecule is CC/C=C(\Br)O[PH](=O)O/C(Br)=C/CC. The Morgan fingerprint density at radius 2 is 1.50 bits per heavy atom. The number of hydrogen-bond acceptors (Lipinski definition) is 3. The second-order valence-corrected chi connectivity index (χ2v) is 4.76. The number of hydrogen-bond donors (Lipinski definition) is 0. The fourth-order valence-electron chi connectivity index (χ4n) is 0.584. The summed E-state index contributed by atoms with van der Waals surface area (Å²) >= 11 is 6.23. The summed E-state index contributed by atoms with van der Waals surface area (Å²) in [7, 11) is -2.51. The average Bonchev–Trinajstić information content (AvgIpc) is 2.03. The highest BCUT2D eigenvalue weighted by Crippen LogP contribution is 2.34. The topological polar surface area (TPSA) is 35.5 Å². The quantitative estimate of drug-likeness (QED) is 0.516. The highest BCUT2D eigenvalue weighted by molar-refractivity contribution is 9.11. The van der Waals surface area contributed by atoms with E-state index in [1.54, 1.807) is 12.2 Å². The number of allylic oxidation sites excluding steroid dienone is 2. The molecule has 0 spiro atoms. The van der Waals surface area contributed by atoms with Crippen LogP contribution in [0.1, 0.15) is 26.7 Å². The van der Waals surface area contributed by atoms with Gasteiger partial charge in [0.05, 0.1) is 0 Å². The highest BCUT2D eigenvalue weighted by Gasteiger charge is 2.03. The van der Waals surface area contributed by atoms with E-state index in [0.29, 0.717) is 9.34 Å². The first-order valence-corrected chi connectivity index (χ1v) is 7.02. The molecule has 14 heavy (non-hydrogen) atoms. The molecule has 0 atom stereocenters. The lowest BCUT2D eigenvalue weighted by Crippen LogP contribution is -1.78. The lowest BCUT2D eigenvalue weighted by Gasteiger charge is -2.05. The van der Waals surface area contributed by atoms with Gasteiger partial charge in [-0.15, -0.1) is 0 Å². The minimum absolute atomic E-state index is 0.445. The van der Waals surface area contributed by atoms with Crippen molar-refractivity contribution in [1.29, 1.82) is 0 Å². The second kappa shape index (κ2) is 8.57.